The van der Waals surface area contributed by atoms with E-state index in [1.54, 1.807) is 0 Å². The summed E-state index contributed by atoms with van der Waals surface area (Å²) in [6, 6.07) is 0.879. The number of amides is 2. The highest BCUT2D eigenvalue weighted by molar-refractivity contribution is 5.79. The predicted octanol–water partition coefficient (Wildman–Crippen LogP) is 0.653. The van der Waals surface area contributed by atoms with Crippen LogP contribution in [-0.2, 0) is 19.1 Å². The summed E-state index contributed by atoms with van der Waals surface area (Å²) in [7, 11) is 0. The molecule has 4 heterocycles. The van der Waals surface area contributed by atoms with Gasteiger partial charge in [-0.2, -0.15) is 0 Å². The molecule has 6 aliphatic rings. The molecule has 2 aliphatic carbocycles. The predicted molar refractivity (Wildman–Crippen MR) is 176 cm³/mol. The summed E-state index contributed by atoms with van der Waals surface area (Å²) in [6.07, 6.45) is 10.4. The Kier molecular flexibility index (Phi) is 12.3. The first-order valence-corrected chi connectivity index (χ1v) is 18.5. The summed E-state index contributed by atoms with van der Waals surface area (Å²) in [5, 5.41) is 25.0. The van der Waals surface area contributed by atoms with E-state index >= 15 is 0 Å². The number of hydrogen-bond donors (Lipinski definition) is 5. The van der Waals surface area contributed by atoms with E-state index in [1.807, 2.05) is 11.8 Å². The van der Waals surface area contributed by atoms with E-state index in [4.69, 9.17) is 9.47 Å². The molecule has 0 radical (unpaired) electrons. The second kappa shape index (κ2) is 16.3. The summed E-state index contributed by atoms with van der Waals surface area (Å²) in [5.74, 6) is 1.51. The van der Waals surface area contributed by atoms with Gasteiger partial charge in [0, 0.05) is 70.2 Å². The van der Waals surface area contributed by atoms with Crippen molar-refractivity contribution < 1.29 is 24.2 Å². The third kappa shape index (κ3) is 8.99. The Morgan fingerprint density at radius 2 is 1.85 bits per heavy atom. The smallest absolute Gasteiger partial charge is 0.223 e. The minimum absolute atomic E-state index is 0.0518. The number of hydrogen-bond acceptors (Lipinski definition) is 10. The number of aliphatic hydroxyl groups excluding tert-OH is 1. The summed E-state index contributed by atoms with van der Waals surface area (Å²) in [4.78, 5) is 32.5. The molecule has 5 N–H and O–H groups in total. The minimum atomic E-state index is -0.576. The molecule has 4 saturated heterocycles. The second-order valence-electron chi connectivity index (χ2n) is 15.0. The fourth-order valence-corrected chi connectivity index (χ4v) is 8.65. The van der Waals surface area contributed by atoms with Crippen LogP contribution >= 0.6 is 0 Å². The Morgan fingerprint density at radius 3 is 2.57 bits per heavy atom. The molecule has 0 aromatic rings. The van der Waals surface area contributed by atoms with Crippen LogP contribution in [0, 0.1) is 17.8 Å². The van der Waals surface area contributed by atoms with E-state index in [0.717, 1.165) is 71.4 Å². The lowest BCUT2D eigenvalue weighted by Gasteiger charge is -2.46. The van der Waals surface area contributed by atoms with Gasteiger partial charge in [0.05, 0.1) is 44.0 Å². The Morgan fingerprint density at radius 1 is 1.02 bits per heavy atom. The number of carbonyl (C=O) groups is 2. The number of ether oxygens (including phenoxy) is 2. The molecule has 0 aromatic carbocycles. The van der Waals surface area contributed by atoms with Crippen LogP contribution < -0.4 is 21.3 Å². The number of nitrogens with zero attached hydrogens (tertiary/aromatic N) is 3. The number of rotatable bonds is 12. The Hall–Kier alpha value is -1.38. The van der Waals surface area contributed by atoms with Crippen LogP contribution in [0.15, 0.2) is 0 Å². The first-order chi connectivity index (χ1) is 22.3. The van der Waals surface area contributed by atoms with Crippen molar-refractivity contribution in [2.45, 2.75) is 121 Å². The van der Waals surface area contributed by atoms with Crippen molar-refractivity contribution in [3.8, 4) is 0 Å². The maximum Gasteiger partial charge on any atom is 0.223 e. The molecule has 2 saturated carbocycles. The van der Waals surface area contributed by atoms with Crippen molar-refractivity contribution in [3.63, 3.8) is 0 Å². The molecule has 9 atom stereocenters. The van der Waals surface area contributed by atoms with Gasteiger partial charge in [0.2, 0.25) is 11.8 Å². The van der Waals surface area contributed by atoms with Gasteiger partial charge in [-0.3, -0.25) is 30.4 Å². The zero-order valence-electron chi connectivity index (χ0n) is 28.3. The van der Waals surface area contributed by atoms with Crippen LogP contribution in [-0.4, -0.2) is 140 Å². The Bertz CT molecular complexity index is 995. The fourth-order valence-electron chi connectivity index (χ4n) is 8.65. The average molecular weight is 648 g/mol. The lowest BCUT2D eigenvalue weighted by Crippen LogP contribution is -2.64. The lowest BCUT2D eigenvalue weighted by molar-refractivity contribution is -0.133. The van der Waals surface area contributed by atoms with Crippen LogP contribution in [0.25, 0.3) is 0 Å². The largest absolute Gasteiger partial charge is 0.390 e. The molecule has 8 unspecified atom stereocenters. The number of piperidine rings is 2. The third-order valence-corrected chi connectivity index (χ3v) is 11.9. The number of piperazine rings is 1. The number of likely N-dealkylation sites (tertiary alicyclic amines) is 1. The van der Waals surface area contributed by atoms with Crippen LogP contribution in [0.3, 0.4) is 0 Å². The highest BCUT2D eigenvalue weighted by atomic mass is 16.5. The van der Waals surface area contributed by atoms with Crippen molar-refractivity contribution in [1.82, 2.24) is 36.0 Å². The maximum absolute atomic E-state index is 13.5. The Labute approximate surface area is 276 Å². The standard InChI is InChI=1S/C34H61N7O5/c1-3-33(43)41-13-11-40(12-14-41)32-17-26(16-31(38-32)37-27-5-4-6-27)34(44)35-18-28(42)20-39-10-9-24-15-29(8-7-25(24)19-39)45-21-30-23(2)36-22-46-30/h23-32,36-38,42H,3-22H2,1-2H3,(H,35,44)/t23?,24?,25?,26?,28-,29?,30?,31?,32?/m0/s1. The SMILES string of the molecule is CCC(=O)N1CCN(C2CC(C(=O)NC[C@H](O)CN3CCC4CC(OCC5OCNC5C)CCC4C3)CC(NC3CCC3)N2)CC1. The molecule has 0 spiro atoms. The number of carbonyl (C=O) groups excluding carboxylic acids is 2. The summed E-state index contributed by atoms with van der Waals surface area (Å²) >= 11 is 0. The van der Waals surface area contributed by atoms with Crippen LogP contribution in [0.1, 0.15) is 78.1 Å². The zero-order valence-corrected chi connectivity index (χ0v) is 28.3. The molecule has 4 aliphatic heterocycles. The second-order valence-corrected chi connectivity index (χ2v) is 15.0. The molecule has 6 fully saturated rings. The van der Waals surface area contributed by atoms with Gasteiger partial charge in [-0.05, 0) is 76.7 Å². The quantitative estimate of drug-likeness (QED) is 0.206. The van der Waals surface area contributed by atoms with Gasteiger partial charge in [-0.25, -0.2) is 0 Å². The lowest BCUT2D eigenvalue weighted by atomic mass is 9.74. The van der Waals surface area contributed by atoms with E-state index in [9.17, 15) is 14.7 Å². The van der Waals surface area contributed by atoms with Crippen molar-refractivity contribution >= 4 is 11.8 Å². The van der Waals surface area contributed by atoms with Crippen LogP contribution in [0.4, 0.5) is 0 Å². The third-order valence-electron chi connectivity index (χ3n) is 11.9. The van der Waals surface area contributed by atoms with Gasteiger partial charge in [-0.15, -0.1) is 0 Å². The molecular formula is C34H61N7O5. The van der Waals surface area contributed by atoms with Crippen molar-refractivity contribution in [1.29, 1.82) is 0 Å². The first-order valence-electron chi connectivity index (χ1n) is 18.5. The van der Waals surface area contributed by atoms with Gasteiger partial charge in [0.25, 0.3) is 0 Å². The van der Waals surface area contributed by atoms with E-state index in [-0.39, 0.29) is 36.2 Å². The summed E-state index contributed by atoms with van der Waals surface area (Å²) in [6.45, 7) is 11.4. The molecule has 46 heavy (non-hydrogen) atoms. The van der Waals surface area contributed by atoms with Crippen molar-refractivity contribution in [2.24, 2.45) is 17.8 Å². The van der Waals surface area contributed by atoms with Crippen LogP contribution in [0.5, 0.6) is 0 Å². The molecule has 6 rings (SSSR count). The van der Waals surface area contributed by atoms with Crippen LogP contribution in [0.2, 0.25) is 0 Å². The normalized spacial score (nSPS) is 37.0. The minimum Gasteiger partial charge on any atom is -0.390 e. The zero-order chi connectivity index (χ0) is 32.0. The van der Waals surface area contributed by atoms with Gasteiger partial charge in [0.15, 0.2) is 0 Å². The number of nitrogens with one attached hydrogen (secondary N) is 4. The molecule has 262 valence electrons. The molecule has 0 bridgehead atoms. The van der Waals surface area contributed by atoms with E-state index < -0.39 is 6.10 Å². The first kappa shape index (κ1) is 34.5. The highest BCUT2D eigenvalue weighted by Crippen LogP contribution is 2.37. The monoisotopic (exact) mass is 647 g/mol. The highest BCUT2D eigenvalue weighted by Gasteiger charge is 2.39. The maximum atomic E-state index is 13.5. The fraction of sp³-hybridized carbons (Fsp3) is 0.941. The number of fused-ring (bicyclic) bond motifs is 1. The van der Waals surface area contributed by atoms with Gasteiger partial charge < -0.3 is 29.7 Å². The topological polar surface area (TPSA) is 131 Å². The summed E-state index contributed by atoms with van der Waals surface area (Å²) in [5.41, 5.74) is 0. The number of aliphatic hydroxyl groups is 1. The average Bonchev–Trinajstić information content (AvgIpc) is 3.48. The van der Waals surface area contributed by atoms with Crippen molar-refractivity contribution in [3.05, 3.63) is 0 Å². The molecule has 12 heteroatoms. The van der Waals surface area contributed by atoms with E-state index in [2.05, 4.69) is 38.0 Å². The van der Waals surface area contributed by atoms with Gasteiger partial charge in [-0.1, -0.05) is 13.3 Å². The molecule has 0 aromatic heterocycles. The summed E-state index contributed by atoms with van der Waals surface area (Å²) < 4.78 is 12.0. The van der Waals surface area contributed by atoms with E-state index in [0.29, 0.717) is 62.9 Å². The molecule has 2 amide bonds. The van der Waals surface area contributed by atoms with Gasteiger partial charge in [0.1, 0.15) is 0 Å². The number of β-amino-alcohol motifs (C(OH)–C–C–N with tert-alkyl or cyclic N) is 1. The van der Waals surface area contributed by atoms with E-state index in [1.165, 1.54) is 25.7 Å². The Balaban J connectivity index is 0.924. The molecular weight excluding hydrogens is 586 g/mol. The van der Waals surface area contributed by atoms with Gasteiger partial charge >= 0.3 is 0 Å². The molecule has 12 nitrogen and oxygen atoms in total. The van der Waals surface area contributed by atoms with Crippen molar-refractivity contribution in [2.75, 3.05) is 65.7 Å².